The first-order valence-electron chi connectivity index (χ1n) is 3.42. The summed E-state index contributed by atoms with van der Waals surface area (Å²) in [6.07, 6.45) is -2.06. The van der Waals surface area contributed by atoms with Crippen molar-refractivity contribution in [1.29, 1.82) is 0 Å². The van der Waals surface area contributed by atoms with E-state index >= 15 is 0 Å². The molecule has 0 aliphatic rings. The van der Waals surface area contributed by atoms with E-state index in [2.05, 4.69) is 4.98 Å². The standard InChI is InChI=1S/C7H7F3N2O/c8-7(9,10)6(12-13)5-1-3-11-4-2-5/h1-4,6,12-13H/t6-/m0/s1. The third-order valence-corrected chi connectivity index (χ3v) is 1.50. The van der Waals surface area contributed by atoms with Crippen LogP contribution in [-0.2, 0) is 0 Å². The SMILES string of the molecule is ON[C@@H](c1ccncc1)C(F)(F)F. The molecule has 6 heteroatoms. The first-order chi connectivity index (χ1) is 6.05. The summed E-state index contributed by atoms with van der Waals surface area (Å²) in [6.45, 7) is 0. The minimum Gasteiger partial charge on any atom is -0.316 e. The van der Waals surface area contributed by atoms with Gasteiger partial charge in [-0.3, -0.25) is 4.98 Å². The lowest BCUT2D eigenvalue weighted by Crippen LogP contribution is -2.31. The Hall–Kier alpha value is -1.14. The molecule has 0 saturated carbocycles. The van der Waals surface area contributed by atoms with Gasteiger partial charge in [-0.15, -0.1) is 0 Å². The van der Waals surface area contributed by atoms with E-state index in [-0.39, 0.29) is 5.56 Å². The van der Waals surface area contributed by atoms with Crippen molar-refractivity contribution in [2.45, 2.75) is 12.2 Å². The molecule has 0 aromatic carbocycles. The minimum atomic E-state index is -4.52. The molecule has 0 aliphatic carbocycles. The molecule has 2 N–H and O–H groups in total. The van der Waals surface area contributed by atoms with E-state index in [0.717, 1.165) is 0 Å². The number of pyridine rings is 1. The third kappa shape index (κ3) is 2.40. The van der Waals surface area contributed by atoms with Gasteiger partial charge in [-0.25, -0.2) is 0 Å². The summed E-state index contributed by atoms with van der Waals surface area (Å²) in [7, 11) is 0. The number of aromatic nitrogens is 1. The summed E-state index contributed by atoms with van der Waals surface area (Å²) in [5.74, 6) is 0. The first kappa shape index (κ1) is 9.94. The maximum absolute atomic E-state index is 12.2. The minimum absolute atomic E-state index is 0.0787. The summed E-state index contributed by atoms with van der Waals surface area (Å²) < 4.78 is 36.5. The predicted molar refractivity (Wildman–Crippen MR) is 38.0 cm³/mol. The number of hydrogen-bond acceptors (Lipinski definition) is 3. The van der Waals surface area contributed by atoms with E-state index in [1.54, 1.807) is 0 Å². The lowest BCUT2D eigenvalue weighted by atomic mass is 10.1. The number of nitrogens with one attached hydrogen (secondary N) is 1. The highest BCUT2D eigenvalue weighted by Crippen LogP contribution is 2.31. The van der Waals surface area contributed by atoms with Gasteiger partial charge in [-0.1, -0.05) is 0 Å². The van der Waals surface area contributed by atoms with Gasteiger partial charge in [0, 0.05) is 12.4 Å². The van der Waals surface area contributed by atoms with Crippen molar-refractivity contribution in [2.24, 2.45) is 0 Å². The number of rotatable bonds is 2. The average Bonchev–Trinajstić information content (AvgIpc) is 2.05. The molecular formula is C7H7F3N2O. The first-order valence-corrected chi connectivity index (χ1v) is 3.42. The second kappa shape index (κ2) is 3.71. The van der Waals surface area contributed by atoms with Gasteiger partial charge in [0.1, 0.15) is 0 Å². The number of hydroxylamine groups is 1. The normalized spacial score (nSPS) is 14.2. The molecule has 0 unspecified atom stereocenters. The van der Waals surface area contributed by atoms with Crippen molar-refractivity contribution in [3.05, 3.63) is 30.1 Å². The molecule has 0 radical (unpaired) electrons. The molecular weight excluding hydrogens is 185 g/mol. The van der Waals surface area contributed by atoms with Crippen molar-refractivity contribution in [3.8, 4) is 0 Å². The summed E-state index contributed by atoms with van der Waals surface area (Å²) in [5.41, 5.74) is 1.13. The second-order valence-electron chi connectivity index (χ2n) is 2.38. The van der Waals surface area contributed by atoms with Crippen LogP contribution < -0.4 is 5.48 Å². The van der Waals surface area contributed by atoms with Crippen LogP contribution in [0.25, 0.3) is 0 Å². The van der Waals surface area contributed by atoms with E-state index < -0.39 is 12.2 Å². The van der Waals surface area contributed by atoms with Gasteiger partial charge in [0.05, 0.1) is 0 Å². The maximum atomic E-state index is 12.2. The van der Waals surface area contributed by atoms with Crippen LogP contribution in [-0.4, -0.2) is 16.4 Å². The molecule has 0 spiro atoms. The fourth-order valence-electron chi connectivity index (χ4n) is 0.893. The fourth-order valence-corrected chi connectivity index (χ4v) is 0.893. The highest BCUT2D eigenvalue weighted by molar-refractivity contribution is 5.16. The monoisotopic (exact) mass is 192 g/mol. The molecule has 13 heavy (non-hydrogen) atoms. The third-order valence-electron chi connectivity index (χ3n) is 1.50. The number of alkyl halides is 3. The Morgan fingerprint density at radius 2 is 1.85 bits per heavy atom. The van der Waals surface area contributed by atoms with Crippen molar-refractivity contribution in [1.82, 2.24) is 10.5 Å². The van der Waals surface area contributed by atoms with Gasteiger partial charge in [0.15, 0.2) is 6.04 Å². The zero-order chi connectivity index (χ0) is 9.90. The molecule has 0 bridgehead atoms. The maximum Gasteiger partial charge on any atom is 0.410 e. The molecule has 3 nitrogen and oxygen atoms in total. The van der Waals surface area contributed by atoms with Gasteiger partial charge in [-0.05, 0) is 17.7 Å². The van der Waals surface area contributed by atoms with Crippen LogP contribution >= 0.6 is 0 Å². The van der Waals surface area contributed by atoms with E-state index in [1.165, 1.54) is 30.0 Å². The molecule has 0 saturated heterocycles. The summed E-state index contributed by atoms with van der Waals surface area (Å²) in [6, 6.07) is 0.304. The van der Waals surface area contributed by atoms with Crippen molar-refractivity contribution < 1.29 is 18.4 Å². The van der Waals surface area contributed by atoms with E-state index in [1.807, 2.05) is 0 Å². The number of nitrogens with zero attached hydrogens (tertiary/aromatic N) is 1. The molecule has 1 heterocycles. The molecule has 72 valence electrons. The molecule has 1 aromatic heterocycles. The second-order valence-corrected chi connectivity index (χ2v) is 2.38. The van der Waals surface area contributed by atoms with Crippen molar-refractivity contribution in [2.75, 3.05) is 0 Å². The lowest BCUT2D eigenvalue weighted by molar-refractivity contribution is -0.178. The smallest absolute Gasteiger partial charge is 0.316 e. The fraction of sp³-hybridized carbons (Fsp3) is 0.286. The Bertz CT molecular complexity index is 262. The van der Waals surface area contributed by atoms with Crippen LogP contribution in [0.1, 0.15) is 11.6 Å². The Morgan fingerprint density at radius 3 is 2.23 bits per heavy atom. The summed E-state index contributed by atoms with van der Waals surface area (Å²) in [4.78, 5) is 3.57. The van der Waals surface area contributed by atoms with Gasteiger partial charge in [0.2, 0.25) is 0 Å². The highest BCUT2D eigenvalue weighted by Gasteiger charge is 2.40. The van der Waals surface area contributed by atoms with Crippen LogP contribution in [0.4, 0.5) is 13.2 Å². The van der Waals surface area contributed by atoms with Crippen LogP contribution in [0.2, 0.25) is 0 Å². The average molecular weight is 192 g/mol. The predicted octanol–water partition coefficient (Wildman–Crippen LogP) is 1.66. The van der Waals surface area contributed by atoms with Gasteiger partial charge < -0.3 is 5.21 Å². The quantitative estimate of drug-likeness (QED) is 0.700. The number of hydrogen-bond donors (Lipinski definition) is 2. The van der Waals surface area contributed by atoms with E-state index in [9.17, 15) is 13.2 Å². The Morgan fingerprint density at radius 1 is 1.31 bits per heavy atom. The van der Waals surface area contributed by atoms with Crippen LogP contribution in [0, 0.1) is 0 Å². The van der Waals surface area contributed by atoms with Crippen LogP contribution in [0.15, 0.2) is 24.5 Å². The Kier molecular flexibility index (Phi) is 2.84. The zero-order valence-corrected chi connectivity index (χ0v) is 6.42. The van der Waals surface area contributed by atoms with Gasteiger partial charge in [-0.2, -0.15) is 18.7 Å². The topological polar surface area (TPSA) is 45.1 Å². The molecule has 0 fully saturated rings. The zero-order valence-electron chi connectivity index (χ0n) is 6.42. The molecule has 0 aliphatic heterocycles. The summed E-state index contributed by atoms with van der Waals surface area (Å²) in [5, 5.41) is 8.32. The lowest BCUT2D eigenvalue weighted by Gasteiger charge is -2.18. The largest absolute Gasteiger partial charge is 0.410 e. The summed E-state index contributed by atoms with van der Waals surface area (Å²) >= 11 is 0. The molecule has 1 atom stereocenters. The van der Waals surface area contributed by atoms with Crippen LogP contribution in [0.5, 0.6) is 0 Å². The van der Waals surface area contributed by atoms with Gasteiger partial charge in [0.25, 0.3) is 0 Å². The van der Waals surface area contributed by atoms with Gasteiger partial charge >= 0.3 is 6.18 Å². The molecule has 1 aromatic rings. The van der Waals surface area contributed by atoms with Crippen molar-refractivity contribution >= 4 is 0 Å². The van der Waals surface area contributed by atoms with E-state index in [0.29, 0.717) is 0 Å². The molecule has 1 rings (SSSR count). The molecule has 0 amide bonds. The van der Waals surface area contributed by atoms with Crippen molar-refractivity contribution in [3.63, 3.8) is 0 Å². The van der Waals surface area contributed by atoms with E-state index in [4.69, 9.17) is 5.21 Å². The Balaban J connectivity index is 2.92. The van der Waals surface area contributed by atoms with Crippen LogP contribution in [0.3, 0.4) is 0 Å². The Labute approximate surface area is 72.2 Å². The highest BCUT2D eigenvalue weighted by atomic mass is 19.4. The number of halogens is 3.